The van der Waals surface area contributed by atoms with Gasteiger partial charge in [0, 0.05) is 0 Å². The Morgan fingerprint density at radius 2 is 1.14 bits per heavy atom. The Balaban J connectivity index is 3.77. The summed E-state index contributed by atoms with van der Waals surface area (Å²) in [4.78, 5) is 0. The van der Waals surface area contributed by atoms with E-state index in [0.717, 1.165) is 0 Å². The van der Waals surface area contributed by atoms with Gasteiger partial charge < -0.3 is 0 Å². The summed E-state index contributed by atoms with van der Waals surface area (Å²) in [5.41, 5.74) is -0.0519. The van der Waals surface area contributed by atoms with Crippen molar-refractivity contribution in [3.63, 3.8) is 0 Å². The molecule has 70 valence electrons. The van der Waals surface area contributed by atoms with Crippen LogP contribution in [0.4, 0.5) is 8.78 Å². The monoisotopic (exact) mass is 192 g/mol. The molecular weight excluding hydrogens is 186 g/mol. The highest BCUT2D eigenvalue weighted by atomic mass is 19.2. The van der Waals surface area contributed by atoms with Crippen LogP contribution < -0.4 is 0 Å². The maximum Gasteiger partial charge on any atom is 0.178 e. The van der Waals surface area contributed by atoms with Crippen molar-refractivity contribution >= 4 is 0 Å². The van der Waals surface area contributed by atoms with E-state index in [2.05, 4.69) is 0 Å². The lowest BCUT2D eigenvalue weighted by molar-refractivity contribution is 0.502. The molecule has 0 spiro atoms. The van der Waals surface area contributed by atoms with Crippen molar-refractivity contribution in [2.75, 3.05) is 0 Å². The minimum Gasteiger partial charge on any atom is -0.202 e. The molecule has 1 rings (SSSR count). The van der Waals surface area contributed by atoms with Crippen molar-refractivity contribution in [2.45, 2.75) is 13.8 Å². The molecule has 0 atom stereocenters. The van der Waals surface area contributed by atoms with E-state index < -0.39 is 11.6 Å². The van der Waals surface area contributed by atoms with Crippen LogP contribution in [-0.2, 0) is 0 Å². The summed E-state index contributed by atoms with van der Waals surface area (Å²) in [5, 5.41) is 17.1. The van der Waals surface area contributed by atoms with Crippen molar-refractivity contribution in [1.29, 1.82) is 10.5 Å². The van der Waals surface area contributed by atoms with E-state index in [1.807, 2.05) is 0 Å². The van der Waals surface area contributed by atoms with Crippen LogP contribution in [0.1, 0.15) is 22.3 Å². The number of nitrogens with zero attached hydrogens (tertiary/aromatic N) is 2. The zero-order valence-corrected chi connectivity index (χ0v) is 7.65. The molecule has 0 saturated carbocycles. The summed E-state index contributed by atoms with van der Waals surface area (Å²) in [6.07, 6.45) is 0. The van der Waals surface area contributed by atoms with Gasteiger partial charge in [-0.25, -0.2) is 8.78 Å². The molecule has 0 fully saturated rings. The lowest BCUT2D eigenvalue weighted by atomic mass is 9.98. The molecule has 0 radical (unpaired) electrons. The maximum absolute atomic E-state index is 13.1. The first-order valence-electron chi connectivity index (χ1n) is 3.83. The number of benzene rings is 1. The van der Waals surface area contributed by atoms with Gasteiger partial charge in [-0.2, -0.15) is 10.5 Å². The summed E-state index contributed by atoms with van der Waals surface area (Å²) < 4.78 is 26.3. The molecule has 0 aromatic heterocycles. The fraction of sp³-hybridized carbons (Fsp3) is 0.200. The third-order valence-electron chi connectivity index (χ3n) is 2.17. The Morgan fingerprint density at radius 1 is 0.857 bits per heavy atom. The number of nitriles is 2. The SMILES string of the molecule is Cc1c(C)c(C#N)c(F)c(F)c1C#N. The van der Waals surface area contributed by atoms with E-state index in [0.29, 0.717) is 11.1 Å². The molecule has 0 amide bonds. The van der Waals surface area contributed by atoms with E-state index in [-0.39, 0.29) is 11.1 Å². The lowest BCUT2D eigenvalue weighted by Crippen LogP contribution is -2.02. The Hall–Kier alpha value is -1.94. The second kappa shape index (κ2) is 3.43. The fourth-order valence-corrected chi connectivity index (χ4v) is 1.19. The van der Waals surface area contributed by atoms with Crippen LogP contribution in [0.2, 0.25) is 0 Å². The second-order valence-electron chi connectivity index (χ2n) is 2.85. The van der Waals surface area contributed by atoms with Crippen molar-refractivity contribution < 1.29 is 8.78 Å². The number of hydrogen-bond donors (Lipinski definition) is 0. The molecule has 0 N–H and O–H groups in total. The lowest BCUT2D eigenvalue weighted by Gasteiger charge is -2.07. The van der Waals surface area contributed by atoms with Crippen LogP contribution in [0.15, 0.2) is 0 Å². The standard InChI is InChI=1S/C10H6F2N2/c1-5-6(2)8(4-14)10(12)9(11)7(5)3-13/h1-2H3. The number of halogens is 2. The van der Waals surface area contributed by atoms with Gasteiger partial charge in [0.25, 0.3) is 0 Å². The minimum absolute atomic E-state index is 0.308. The largest absolute Gasteiger partial charge is 0.202 e. The van der Waals surface area contributed by atoms with Crippen molar-refractivity contribution in [3.8, 4) is 12.1 Å². The topological polar surface area (TPSA) is 47.6 Å². The maximum atomic E-state index is 13.1. The van der Waals surface area contributed by atoms with Gasteiger partial charge in [0.05, 0.1) is 11.1 Å². The van der Waals surface area contributed by atoms with Crippen molar-refractivity contribution in [2.24, 2.45) is 0 Å². The third-order valence-corrected chi connectivity index (χ3v) is 2.17. The van der Waals surface area contributed by atoms with E-state index >= 15 is 0 Å². The molecule has 0 aliphatic rings. The second-order valence-corrected chi connectivity index (χ2v) is 2.85. The molecular formula is C10H6F2N2. The predicted octanol–water partition coefficient (Wildman–Crippen LogP) is 2.33. The van der Waals surface area contributed by atoms with Gasteiger partial charge in [-0.05, 0) is 25.0 Å². The highest BCUT2D eigenvalue weighted by Gasteiger charge is 2.19. The van der Waals surface area contributed by atoms with E-state index in [4.69, 9.17) is 10.5 Å². The first-order valence-corrected chi connectivity index (χ1v) is 3.83. The Labute approximate surface area is 80.0 Å². The smallest absolute Gasteiger partial charge is 0.178 e. The summed E-state index contributed by atoms with van der Waals surface area (Å²) in [5.74, 6) is -2.49. The quantitative estimate of drug-likeness (QED) is 0.633. The molecule has 4 heteroatoms. The van der Waals surface area contributed by atoms with Gasteiger partial charge in [-0.1, -0.05) is 0 Å². The van der Waals surface area contributed by atoms with Crippen LogP contribution in [0, 0.1) is 48.1 Å². The number of rotatable bonds is 0. The Kier molecular flexibility index (Phi) is 2.49. The zero-order valence-electron chi connectivity index (χ0n) is 7.65. The van der Waals surface area contributed by atoms with E-state index in [1.54, 1.807) is 12.1 Å². The summed E-state index contributed by atoms with van der Waals surface area (Å²) in [7, 11) is 0. The van der Waals surface area contributed by atoms with Crippen molar-refractivity contribution in [1.82, 2.24) is 0 Å². The molecule has 0 unspecified atom stereocenters. The summed E-state index contributed by atoms with van der Waals surface area (Å²) in [6.45, 7) is 2.97. The van der Waals surface area contributed by atoms with Gasteiger partial charge >= 0.3 is 0 Å². The molecule has 14 heavy (non-hydrogen) atoms. The molecule has 0 aliphatic heterocycles. The highest BCUT2D eigenvalue weighted by molar-refractivity contribution is 5.51. The van der Waals surface area contributed by atoms with Crippen LogP contribution in [-0.4, -0.2) is 0 Å². The molecule has 1 aromatic rings. The van der Waals surface area contributed by atoms with Gasteiger partial charge in [-0.15, -0.1) is 0 Å². The van der Waals surface area contributed by atoms with Gasteiger partial charge in [0.2, 0.25) is 0 Å². The molecule has 1 aromatic carbocycles. The van der Waals surface area contributed by atoms with Crippen LogP contribution in [0.25, 0.3) is 0 Å². The first kappa shape index (κ1) is 10.1. The van der Waals surface area contributed by atoms with E-state index in [1.165, 1.54) is 13.8 Å². The van der Waals surface area contributed by atoms with Gasteiger partial charge in [0.15, 0.2) is 11.6 Å². The minimum atomic E-state index is -1.24. The van der Waals surface area contributed by atoms with Crippen molar-refractivity contribution in [3.05, 3.63) is 33.9 Å². The third kappa shape index (κ3) is 1.22. The van der Waals surface area contributed by atoms with Crippen LogP contribution in [0.3, 0.4) is 0 Å². The molecule has 0 saturated heterocycles. The van der Waals surface area contributed by atoms with E-state index in [9.17, 15) is 8.78 Å². The summed E-state index contributed by atoms with van der Waals surface area (Å²) >= 11 is 0. The highest BCUT2D eigenvalue weighted by Crippen LogP contribution is 2.23. The Bertz CT molecular complexity index is 404. The molecule has 2 nitrogen and oxygen atoms in total. The molecule has 0 bridgehead atoms. The van der Waals surface area contributed by atoms with Gasteiger partial charge in [0.1, 0.15) is 12.1 Å². The van der Waals surface area contributed by atoms with Gasteiger partial charge in [-0.3, -0.25) is 0 Å². The Morgan fingerprint density at radius 3 is 1.36 bits per heavy atom. The normalized spacial score (nSPS) is 9.29. The average Bonchev–Trinajstić information content (AvgIpc) is 2.17. The predicted molar refractivity (Wildman–Crippen MR) is 45.3 cm³/mol. The molecule has 0 aliphatic carbocycles. The number of hydrogen-bond acceptors (Lipinski definition) is 2. The average molecular weight is 192 g/mol. The fourth-order valence-electron chi connectivity index (χ4n) is 1.19. The summed E-state index contributed by atoms with van der Waals surface area (Å²) in [6, 6.07) is 3.14. The first-order chi connectivity index (χ1) is 6.54. The zero-order chi connectivity index (χ0) is 10.9. The van der Waals surface area contributed by atoms with Crippen LogP contribution >= 0.6 is 0 Å². The van der Waals surface area contributed by atoms with Crippen LogP contribution in [0.5, 0.6) is 0 Å². The molecule has 0 heterocycles.